The Hall–Kier alpha value is -0.120. The number of alkyl halides is 1. The molecule has 1 heterocycles. The fourth-order valence-corrected chi connectivity index (χ4v) is 2.15. The minimum atomic E-state index is -1.03. The SMILES string of the molecule is CC(CN)C(F)c1sccc1Cl. The van der Waals surface area contributed by atoms with Crippen LogP contribution in [0.15, 0.2) is 11.4 Å². The van der Waals surface area contributed by atoms with Crippen LogP contribution < -0.4 is 5.73 Å². The molecule has 0 spiro atoms. The monoisotopic (exact) mass is 207 g/mol. The van der Waals surface area contributed by atoms with E-state index in [1.165, 1.54) is 11.3 Å². The molecule has 1 aromatic rings. The summed E-state index contributed by atoms with van der Waals surface area (Å²) in [5.74, 6) is -0.166. The van der Waals surface area contributed by atoms with E-state index in [9.17, 15) is 4.39 Å². The summed E-state index contributed by atoms with van der Waals surface area (Å²) in [4.78, 5) is 0.592. The average molecular weight is 208 g/mol. The van der Waals surface area contributed by atoms with E-state index in [1.54, 1.807) is 18.4 Å². The first kappa shape index (κ1) is 9.96. The molecule has 0 aromatic carbocycles. The molecule has 2 unspecified atom stereocenters. The molecular weight excluding hydrogens is 197 g/mol. The topological polar surface area (TPSA) is 26.0 Å². The van der Waals surface area contributed by atoms with Crippen LogP contribution in [-0.2, 0) is 0 Å². The van der Waals surface area contributed by atoms with Crippen molar-refractivity contribution in [1.29, 1.82) is 0 Å². The molecule has 2 N–H and O–H groups in total. The lowest BCUT2D eigenvalue weighted by Gasteiger charge is -2.12. The molecule has 0 aliphatic carbocycles. The Morgan fingerprint density at radius 1 is 1.75 bits per heavy atom. The Morgan fingerprint density at radius 2 is 2.42 bits per heavy atom. The quantitative estimate of drug-likeness (QED) is 0.810. The van der Waals surface area contributed by atoms with Crippen molar-refractivity contribution in [2.75, 3.05) is 6.54 Å². The van der Waals surface area contributed by atoms with Gasteiger partial charge in [0.1, 0.15) is 6.17 Å². The first-order valence-electron chi connectivity index (χ1n) is 3.73. The highest BCUT2D eigenvalue weighted by molar-refractivity contribution is 7.10. The summed E-state index contributed by atoms with van der Waals surface area (Å²) in [5, 5.41) is 2.29. The lowest BCUT2D eigenvalue weighted by atomic mass is 10.1. The predicted octanol–water partition coefficient (Wildman–Crippen LogP) is 3.01. The second kappa shape index (κ2) is 4.21. The summed E-state index contributed by atoms with van der Waals surface area (Å²) in [7, 11) is 0. The van der Waals surface area contributed by atoms with Crippen LogP contribution in [0.1, 0.15) is 18.0 Å². The summed E-state index contributed by atoms with van der Waals surface area (Å²) >= 11 is 7.10. The molecule has 1 aromatic heterocycles. The summed E-state index contributed by atoms with van der Waals surface area (Å²) < 4.78 is 13.5. The van der Waals surface area contributed by atoms with Crippen LogP contribution in [0.3, 0.4) is 0 Å². The van der Waals surface area contributed by atoms with Gasteiger partial charge in [-0.25, -0.2) is 4.39 Å². The number of rotatable bonds is 3. The van der Waals surface area contributed by atoms with E-state index in [0.717, 1.165) is 0 Å². The smallest absolute Gasteiger partial charge is 0.139 e. The van der Waals surface area contributed by atoms with Gasteiger partial charge in [0.15, 0.2) is 0 Å². The van der Waals surface area contributed by atoms with Gasteiger partial charge in [0.25, 0.3) is 0 Å². The molecule has 4 heteroatoms. The summed E-state index contributed by atoms with van der Waals surface area (Å²) in [6.07, 6.45) is -1.03. The largest absolute Gasteiger partial charge is 0.330 e. The maximum atomic E-state index is 13.5. The van der Waals surface area contributed by atoms with E-state index in [-0.39, 0.29) is 5.92 Å². The minimum absolute atomic E-state index is 0.166. The van der Waals surface area contributed by atoms with Gasteiger partial charge in [0, 0.05) is 5.92 Å². The number of nitrogens with two attached hydrogens (primary N) is 1. The maximum Gasteiger partial charge on any atom is 0.139 e. The maximum absolute atomic E-state index is 13.5. The van der Waals surface area contributed by atoms with Crippen molar-refractivity contribution in [2.45, 2.75) is 13.1 Å². The molecule has 0 fully saturated rings. The van der Waals surface area contributed by atoms with Gasteiger partial charge in [0.2, 0.25) is 0 Å². The fourth-order valence-electron chi connectivity index (χ4n) is 0.880. The third kappa shape index (κ3) is 1.97. The standard InChI is InChI=1S/C8H11ClFNS/c1-5(4-11)7(10)8-6(9)2-3-12-8/h2-3,5,7H,4,11H2,1H3. The Labute approximate surface area is 80.3 Å². The highest BCUT2D eigenvalue weighted by atomic mass is 35.5. The van der Waals surface area contributed by atoms with E-state index < -0.39 is 6.17 Å². The van der Waals surface area contributed by atoms with Crippen molar-refractivity contribution in [3.8, 4) is 0 Å². The van der Waals surface area contributed by atoms with Crippen LogP contribution in [0.2, 0.25) is 5.02 Å². The van der Waals surface area contributed by atoms with E-state index in [1.807, 2.05) is 0 Å². The number of thiophene rings is 1. The summed E-state index contributed by atoms with van der Waals surface area (Å²) in [5.41, 5.74) is 5.35. The summed E-state index contributed by atoms with van der Waals surface area (Å²) in [6, 6.07) is 1.71. The lowest BCUT2D eigenvalue weighted by Crippen LogP contribution is -2.15. The van der Waals surface area contributed by atoms with Crippen molar-refractivity contribution in [3.05, 3.63) is 21.3 Å². The average Bonchev–Trinajstić information content (AvgIpc) is 2.48. The summed E-state index contributed by atoms with van der Waals surface area (Å²) in [6.45, 7) is 2.12. The first-order valence-corrected chi connectivity index (χ1v) is 4.99. The van der Waals surface area contributed by atoms with Crippen LogP contribution in [0.4, 0.5) is 4.39 Å². The zero-order valence-corrected chi connectivity index (χ0v) is 8.33. The normalized spacial score (nSPS) is 16.0. The van der Waals surface area contributed by atoms with Gasteiger partial charge < -0.3 is 5.73 Å². The van der Waals surface area contributed by atoms with E-state index in [2.05, 4.69) is 0 Å². The lowest BCUT2D eigenvalue weighted by molar-refractivity contribution is 0.256. The van der Waals surface area contributed by atoms with Crippen LogP contribution in [0, 0.1) is 5.92 Å². The molecule has 0 aliphatic heterocycles. The van der Waals surface area contributed by atoms with Gasteiger partial charge >= 0.3 is 0 Å². The molecule has 0 bridgehead atoms. The minimum Gasteiger partial charge on any atom is -0.330 e. The number of hydrogen-bond donors (Lipinski definition) is 1. The number of hydrogen-bond acceptors (Lipinski definition) is 2. The second-order valence-electron chi connectivity index (χ2n) is 2.75. The molecule has 0 aliphatic rings. The molecule has 0 amide bonds. The fraction of sp³-hybridized carbons (Fsp3) is 0.500. The van der Waals surface area contributed by atoms with E-state index in [0.29, 0.717) is 16.4 Å². The second-order valence-corrected chi connectivity index (χ2v) is 4.10. The molecule has 0 radical (unpaired) electrons. The Kier molecular flexibility index (Phi) is 3.50. The van der Waals surface area contributed by atoms with Crippen molar-refractivity contribution < 1.29 is 4.39 Å². The van der Waals surface area contributed by atoms with Crippen molar-refractivity contribution >= 4 is 22.9 Å². The predicted molar refractivity (Wildman–Crippen MR) is 51.4 cm³/mol. The van der Waals surface area contributed by atoms with Gasteiger partial charge in [-0.05, 0) is 18.0 Å². The third-order valence-corrected chi connectivity index (χ3v) is 3.18. The molecule has 2 atom stereocenters. The van der Waals surface area contributed by atoms with Gasteiger partial charge in [-0.1, -0.05) is 18.5 Å². The van der Waals surface area contributed by atoms with E-state index in [4.69, 9.17) is 17.3 Å². The molecule has 0 saturated carbocycles. The highest BCUT2D eigenvalue weighted by Gasteiger charge is 2.20. The van der Waals surface area contributed by atoms with Crippen molar-refractivity contribution in [3.63, 3.8) is 0 Å². The molecular formula is C8H11ClFNS. The van der Waals surface area contributed by atoms with Crippen LogP contribution in [0.25, 0.3) is 0 Å². The Bertz CT molecular complexity index is 251. The van der Waals surface area contributed by atoms with Crippen LogP contribution in [0.5, 0.6) is 0 Å². The molecule has 0 saturated heterocycles. The van der Waals surface area contributed by atoms with E-state index >= 15 is 0 Å². The Balaban J connectivity index is 2.77. The van der Waals surface area contributed by atoms with Gasteiger partial charge in [-0.2, -0.15) is 0 Å². The van der Waals surface area contributed by atoms with Gasteiger partial charge in [-0.3, -0.25) is 0 Å². The first-order chi connectivity index (χ1) is 5.66. The molecule has 68 valence electrons. The van der Waals surface area contributed by atoms with Gasteiger partial charge in [-0.15, -0.1) is 11.3 Å². The zero-order chi connectivity index (χ0) is 9.14. The van der Waals surface area contributed by atoms with Crippen LogP contribution in [-0.4, -0.2) is 6.54 Å². The van der Waals surface area contributed by atoms with Crippen molar-refractivity contribution in [1.82, 2.24) is 0 Å². The van der Waals surface area contributed by atoms with Crippen LogP contribution >= 0.6 is 22.9 Å². The van der Waals surface area contributed by atoms with Crippen molar-refractivity contribution in [2.24, 2.45) is 11.7 Å². The molecule has 12 heavy (non-hydrogen) atoms. The molecule has 1 rings (SSSR count). The molecule has 1 nitrogen and oxygen atoms in total. The number of halogens is 2. The Morgan fingerprint density at radius 3 is 2.83 bits per heavy atom. The van der Waals surface area contributed by atoms with Gasteiger partial charge in [0.05, 0.1) is 9.90 Å². The third-order valence-electron chi connectivity index (χ3n) is 1.77. The highest BCUT2D eigenvalue weighted by Crippen LogP contribution is 2.35. The zero-order valence-electron chi connectivity index (χ0n) is 6.76.